The molecule has 24 valence electrons. The lowest BCUT2D eigenvalue weighted by Gasteiger charge is -1.65. The van der Waals surface area contributed by atoms with Gasteiger partial charge in [0.2, 0.25) is 0 Å². The van der Waals surface area contributed by atoms with Crippen molar-refractivity contribution in [2.75, 3.05) is 0 Å². The molecule has 0 aromatic carbocycles. The van der Waals surface area contributed by atoms with Crippen molar-refractivity contribution >= 4 is 17.2 Å². The Hall–Kier alpha value is -0.110. The van der Waals surface area contributed by atoms with E-state index in [1.807, 2.05) is 0 Å². The highest BCUT2D eigenvalue weighted by molar-refractivity contribution is 7.80. The number of thiocarbonyl (C=S) groups is 1. The Labute approximate surface area is 30.8 Å². The highest BCUT2D eigenvalue weighted by atomic mass is 32.1. The molecule has 0 saturated carbocycles. The van der Waals surface area contributed by atoms with Crippen LogP contribution in [-0.2, 0) is 0 Å². The molecule has 0 fully saturated rings. The summed E-state index contributed by atoms with van der Waals surface area (Å²) in [5.74, 6) is 0. The number of rotatable bonds is 0. The Balaban J connectivity index is 2.80. The molecule has 0 aromatic rings. The molecule has 0 spiro atoms. The molecule has 0 heterocycles. The standard InChI is InChI=1S/C2H5NS/c1-2(3)4/h1H3,(H2,3,4)/i1+1,2+1,3+1. The van der Waals surface area contributed by atoms with Gasteiger partial charge in [0, 0.05) is 0 Å². The zero-order valence-corrected chi connectivity index (χ0v) is 3.30. The van der Waals surface area contributed by atoms with E-state index in [4.69, 9.17) is 5.73 Å². The van der Waals surface area contributed by atoms with Gasteiger partial charge in [-0.05, 0) is 6.92 Å². The molecule has 2 heteroatoms. The average molecular weight is 78.1 g/mol. The second-order valence-electron chi connectivity index (χ2n) is 0.611. The monoisotopic (exact) mass is 78.0 g/mol. The summed E-state index contributed by atoms with van der Waals surface area (Å²) >= 11 is 4.31. The smallest absolute Gasteiger partial charge is 0.0695 e. The lowest BCUT2D eigenvalue weighted by molar-refractivity contribution is 1.73. The SMILES string of the molecule is [13CH3][13C]([15NH2])=S. The van der Waals surface area contributed by atoms with E-state index in [0.717, 1.165) is 0 Å². The molecule has 0 aromatic heterocycles. The van der Waals surface area contributed by atoms with E-state index in [2.05, 4.69) is 12.2 Å². The quantitative estimate of drug-likeness (QED) is 0.256. The number of hydrogen-bond acceptors (Lipinski definition) is 1. The third-order valence-electron chi connectivity index (χ3n) is 0. The second kappa shape index (κ2) is 1.24. The molecule has 0 bridgehead atoms. The summed E-state index contributed by atoms with van der Waals surface area (Å²) in [5.41, 5.74) is 4.84. The summed E-state index contributed by atoms with van der Waals surface area (Å²) in [5, 5.41) is 0. The van der Waals surface area contributed by atoms with Gasteiger partial charge in [0.25, 0.3) is 0 Å². The van der Waals surface area contributed by atoms with Crippen molar-refractivity contribution in [1.82, 2.24) is 0 Å². The molecule has 0 aliphatic heterocycles. The van der Waals surface area contributed by atoms with Crippen LogP contribution >= 0.6 is 12.2 Å². The van der Waals surface area contributed by atoms with E-state index >= 15 is 0 Å². The molecule has 2 N–H and O–H groups in total. The summed E-state index contributed by atoms with van der Waals surface area (Å²) < 4.78 is 0. The van der Waals surface area contributed by atoms with Crippen molar-refractivity contribution in [1.29, 1.82) is 0 Å². The van der Waals surface area contributed by atoms with Crippen molar-refractivity contribution in [3.8, 4) is 0 Å². The first-order valence-electron chi connectivity index (χ1n) is 0.993. The van der Waals surface area contributed by atoms with Crippen molar-refractivity contribution in [3.63, 3.8) is 0 Å². The maximum absolute atomic E-state index is 4.84. The molecule has 0 saturated heterocycles. The van der Waals surface area contributed by atoms with Gasteiger partial charge in [0.1, 0.15) is 0 Å². The lowest BCUT2D eigenvalue weighted by atomic mass is 11.8. The summed E-state index contributed by atoms with van der Waals surface area (Å²) in [6.07, 6.45) is 0. The van der Waals surface area contributed by atoms with E-state index in [9.17, 15) is 0 Å². The van der Waals surface area contributed by atoms with Crippen LogP contribution in [0.1, 0.15) is 6.92 Å². The van der Waals surface area contributed by atoms with Crippen LogP contribution in [0, 0.1) is 0 Å². The van der Waals surface area contributed by atoms with Crippen LogP contribution in [0.2, 0.25) is 0 Å². The van der Waals surface area contributed by atoms with Gasteiger partial charge >= 0.3 is 0 Å². The predicted octanol–water partition coefficient (Wildman–Crippen LogP) is 0.292. The number of nitrogens with two attached hydrogens (primary N) is 1. The zero-order valence-electron chi connectivity index (χ0n) is 2.49. The fraction of sp³-hybridized carbons (Fsp3) is 0.500. The summed E-state index contributed by atoms with van der Waals surface area (Å²) in [4.78, 5) is 0.500. The van der Waals surface area contributed by atoms with Gasteiger partial charge in [-0.25, -0.2) is 0 Å². The first-order chi connectivity index (χ1) is 1.73. The molecule has 0 rings (SSSR count). The van der Waals surface area contributed by atoms with Crippen molar-refractivity contribution in [3.05, 3.63) is 0 Å². The molecule has 0 aliphatic carbocycles. The Bertz CT molecular complexity index is 29.0. The fourth-order valence-corrected chi connectivity index (χ4v) is 0. The molecule has 0 amide bonds. The van der Waals surface area contributed by atoms with E-state index in [-0.39, 0.29) is 0 Å². The van der Waals surface area contributed by atoms with Crippen molar-refractivity contribution < 1.29 is 0 Å². The molecule has 0 unspecified atom stereocenters. The highest BCUT2D eigenvalue weighted by Crippen LogP contribution is 1.48. The highest BCUT2D eigenvalue weighted by Gasteiger charge is 1.54. The van der Waals surface area contributed by atoms with Crippen LogP contribution in [0.5, 0.6) is 0 Å². The first kappa shape index (κ1) is 3.89. The topological polar surface area (TPSA) is 26.0 Å². The summed E-state index contributed by atoms with van der Waals surface area (Å²) in [6, 6.07) is 0. The van der Waals surface area contributed by atoms with Gasteiger partial charge in [-0.2, -0.15) is 0 Å². The third-order valence-corrected chi connectivity index (χ3v) is 0. The second-order valence-corrected chi connectivity index (χ2v) is 1.25. The Morgan fingerprint density at radius 3 is 2.00 bits per heavy atom. The fourth-order valence-electron chi connectivity index (χ4n) is 0. The van der Waals surface area contributed by atoms with Crippen LogP contribution in [0.4, 0.5) is 0 Å². The minimum Gasteiger partial charge on any atom is -0.394 e. The van der Waals surface area contributed by atoms with Gasteiger partial charge in [0.15, 0.2) is 0 Å². The van der Waals surface area contributed by atoms with E-state index in [0.29, 0.717) is 4.99 Å². The van der Waals surface area contributed by atoms with Crippen LogP contribution < -0.4 is 5.73 Å². The van der Waals surface area contributed by atoms with Gasteiger partial charge in [0.05, 0.1) is 4.99 Å². The largest absolute Gasteiger partial charge is 0.394 e. The normalized spacial score (nSPS) is 6.25. The average Bonchev–Trinajstić information content (AvgIpc) is 0.811. The summed E-state index contributed by atoms with van der Waals surface area (Å²) in [7, 11) is 0. The lowest BCUT2D eigenvalue weighted by Crippen LogP contribution is -1.98. The zero-order chi connectivity index (χ0) is 3.58. The van der Waals surface area contributed by atoms with E-state index < -0.39 is 0 Å². The maximum Gasteiger partial charge on any atom is 0.0695 e. The minimum atomic E-state index is 0.500. The van der Waals surface area contributed by atoms with Crippen LogP contribution in [0.3, 0.4) is 0 Å². The third kappa shape index (κ3) is 124. The Morgan fingerprint density at radius 1 is 2.00 bits per heavy atom. The van der Waals surface area contributed by atoms with E-state index in [1.54, 1.807) is 6.92 Å². The molecule has 4 heavy (non-hydrogen) atoms. The Kier molecular flexibility index (Phi) is 1.20. The van der Waals surface area contributed by atoms with Gasteiger partial charge in [-0.1, -0.05) is 12.2 Å². The van der Waals surface area contributed by atoms with Crippen molar-refractivity contribution in [2.45, 2.75) is 6.92 Å². The van der Waals surface area contributed by atoms with Gasteiger partial charge in [-0.3, -0.25) is 0 Å². The minimum absolute atomic E-state index is 0.500. The van der Waals surface area contributed by atoms with Crippen LogP contribution in [-0.4, -0.2) is 4.99 Å². The summed E-state index contributed by atoms with van der Waals surface area (Å²) in [6.45, 7) is 1.68. The van der Waals surface area contributed by atoms with Gasteiger partial charge in [-0.15, -0.1) is 0 Å². The van der Waals surface area contributed by atoms with E-state index in [1.165, 1.54) is 0 Å². The van der Waals surface area contributed by atoms with Crippen molar-refractivity contribution in [2.24, 2.45) is 5.73 Å². The molecule has 1 nitrogen and oxygen atoms in total. The maximum atomic E-state index is 4.84. The number of hydrogen-bond donors (Lipinski definition) is 1. The predicted molar refractivity (Wildman–Crippen MR) is 22.5 cm³/mol. The molecule has 0 radical (unpaired) electrons. The molecule has 0 aliphatic rings. The molecule has 0 atom stereocenters. The van der Waals surface area contributed by atoms with Crippen LogP contribution in [0.15, 0.2) is 0 Å². The van der Waals surface area contributed by atoms with Crippen LogP contribution in [0.25, 0.3) is 0 Å². The molecular formula is C2H5NS. The van der Waals surface area contributed by atoms with Gasteiger partial charge < -0.3 is 5.73 Å². The molecular weight excluding hydrogens is 73.1 g/mol. The Morgan fingerprint density at radius 2 is 2.00 bits per heavy atom. The first-order valence-corrected chi connectivity index (χ1v) is 1.40.